The van der Waals surface area contributed by atoms with E-state index in [1.807, 2.05) is 0 Å². The monoisotopic (exact) mass is 280 g/mol. The Morgan fingerprint density at radius 3 is 2.75 bits per heavy atom. The summed E-state index contributed by atoms with van der Waals surface area (Å²) in [6, 6.07) is 4.46. The molecule has 0 radical (unpaired) electrons. The minimum Gasteiger partial charge on any atom is -0.496 e. The van der Waals surface area contributed by atoms with Crippen molar-refractivity contribution in [3.63, 3.8) is 0 Å². The SMILES string of the molecule is COc1ccc(O[C@@H](C)C(=O)NC2CC2)c([N+](=O)[O-])c1. The lowest BCUT2D eigenvalue weighted by Gasteiger charge is -2.14. The molecule has 1 atom stereocenters. The van der Waals surface area contributed by atoms with E-state index >= 15 is 0 Å². The van der Waals surface area contributed by atoms with E-state index in [1.165, 1.54) is 19.2 Å². The van der Waals surface area contributed by atoms with Crippen molar-refractivity contribution in [3.05, 3.63) is 28.3 Å². The Bertz CT molecular complexity index is 527. The number of nitrogens with one attached hydrogen (secondary N) is 1. The summed E-state index contributed by atoms with van der Waals surface area (Å²) < 4.78 is 10.3. The number of hydrogen-bond donors (Lipinski definition) is 1. The van der Waals surface area contributed by atoms with Crippen molar-refractivity contribution in [3.8, 4) is 11.5 Å². The molecule has 2 rings (SSSR count). The van der Waals surface area contributed by atoms with Gasteiger partial charge in [0.1, 0.15) is 5.75 Å². The van der Waals surface area contributed by atoms with Gasteiger partial charge < -0.3 is 14.8 Å². The quantitative estimate of drug-likeness (QED) is 0.632. The fourth-order valence-corrected chi connectivity index (χ4v) is 1.66. The Hall–Kier alpha value is -2.31. The van der Waals surface area contributed by atoms with Crippen LogP contribution in [0.5, 0.6) is 11.5 Å². The summed E-state index contributed by atoms with van der Waals surface area (Å²) in [5, 5.41) is 13.8. The Morgan fingerprint density at radius 2 is 2.20 bits per heavy atom. The van der Waals surface area contributed by atoms with E-state index in [1.54, 1.807) is 13.0 Å². The van der Waals surface area contributed by atoms with Crippen LogP contribution in [-0.2, 0) is 4.79 Å². The minimum absolute atomic E-state index is 0.0502. The van der Waals surface area contributed by atoms with Gasteiger partial charge in [0, 0.05) is 6.04 Å². The van der Waals surface area contributed by atoms with Gasteiger partial charge in [-0.3, -0.25) is 14.9 Å². The third-order valence-electron chi connectivity index (χ3n) is 2.96. The van der Waals surface area contributed by atoms with Crippen molar-refractivity contribution in [2.45, 2.75) is 31.9 Å². The number of nitro groups is 1. The predicted molar refractivity (Wildman–Crippen MR) is 70.9 cm³/mol. The van der Waals surface area contributed by atoms with Crippen LogP contribution in [-0.4, -0.2) is 30.1 Å². The fraction of sp³-hybridized carbons (Fsp3) is 0.462. The van der Waals surface area contributed by atoms with Gasteiger partial charge in [-0.1, -0.05) is 0 Å². The summed E-state index contributed by atoms with van der Waals surface area (Å²) in [7, 11) is 1.42. The zero-order valence-electron chi connectivity index (χ0n) is 11.3. The summed E-state index contributed by atoms with van der Waals surface area (Å²) in [6.45, 7) is 1.56. The number of carbonyl (C=O) groups is 1. The average Bonchev–Trinajstić information content (AvgIpc) is 3.22. The molecule has 0 aliphatic heterocycles. The molecule has 0 bridgehead atoms. The molecule has 1 aliphatic carbocycles. The second kappa shape index (κ2) is 5.77. The summed E-state index contributed by atoms with van der Waals surface area (Å²) in [5.74, 6) is 0.144. The molecule has 1 saturated carbocycles. The topological polar surface area (TPSA) is 90.7 Å². The maximum absolute atomic E-state index is 11.8. The van der Waals surface area contributed by atoms with Crippen molar-refractivity contribution < 1.29 is 19.2 Å². The molecule has 108 valence electrons. The third kappa shape index (κ3) is 3.37. The number of benzene rings is 1. The van der Waals surface area contributed by atoms with E-state index in [4.69, 9.17) is 9.47 Å². The zero-order valence-corrected chi connectivity index (χ0v) is 11.3. The zero-order chi connectivity index (χ0) is 14.7. The van der Waals surface area contributed by atoms with Crippen LogP contribution in [0.15, 0.2) is 18.2 Å². The summed E-state index contributed by atoms with van der Waals surface area (Å²) in [4.78, 5) is 22.2. The number of nitro benzene ring substituents is 1. The maximum Gasteiger partial charge on any atom is 0.314 e. The lowest BCUT2D eigenvalue weighted by atomic mass is 10.2. The normalized spacial score (nSPS) is 15.3. The highest BCUT2D eigenvalue weighted by Gasteiger charge is 2.27. The first-order valence-electron chi connectivity index (χ1n) is 6.30. The second-order valence-electron chi connectivity index (χ2n) is 4.63. The highest BCUT2D eigenvalue weighted by molar-refractivity contribution is 5.81. The fourth-order valence-electron chi connectivity index (χ4n) is 1.66. The third-order valence-corrected chi connectivity index (χ3v) is 2.96. The first kappa shape index (κ1) is 14.1. The molecule has 0 spiro atoms. The van der Waals surface area contributed by atoms with Gasteiger partial charge >= 0.3 is 5.69 Å². The Kier molecular flexibility index (Phi) is 4.07. The summed E-state index contributed by atoms with van der Waals surface area (Å²) in [6.07, 6.45) is 1.16. The van der Waals surface area contributed by atoms with Crippen LogP contribution < -0.4 is 14.8 Å². The van der Waals surface area contributed by atoms with Crippen LogP contribution >= 0.6 is 0 Å². The number of nitrogens with zero attached hydrogens (tertiary/aromatic N) is 1. The molecule has 1 amide bonds. The van der Waals surface area contributed by atoms with Crippen LogP contribution in [0.4, 0.5) is 5.69 Å². The highest BCUT2D eigenvalue weighted by Crippen LogP contribution is 2.31. The van der Waals surface area contributed by atoms with E-state index in [9.17, 15) is 14.9 Å². The van der Waals surface area contributed by atoms with E-state index < -0.39 is 11.0 Å². The van der Waals surface area contributed by atoms with Gasteiger partial charge in [-0.2, -0.15) is 0 Å². The van der Waals surface area contributed by atoms with Crippen molar-refractivity contribution in [2.75, 3.05) is 7.11 Å². The van der Waals surface area contributed by atoms with Crippen molar-refractivity contribution >= 4 is 11.6 Å². The van der Waals surface area contributed by atoms with Gasteiger partial charge in [0.2, 0.25) is 0 Å². The largest absolute Gasteiger partial charge is 0.496 e. The molecule has 7 nitrogen and oxygen atoms in total. The van der Waals surface area contributed by atoms with Gasteiger partial charge in [0.05, 0.1) is 18.1 Å². The minimum atomic E-state index is -0.789. The number of amides is 1. The first-order chi connectivity index (χ1) is 9.51. The van der Waals surface area contributed by atoms with Crippen molar-refractivity contribution in [1.29, 1.82) is 0 Å². The van der Waals surface area contributed by atoms with Crippen LogP contribution in [0.2, 0.25) is 0 Å². The number of hydrogen-bond acceptors (Lipinski definition) is 5. The predicted octanol–water partition coefficient (Wildman–Crippen LogP) is 1.65. The molecule has 1 aromatic rings. The summed E-state index contributed by atoms with van der Waals surface area (Å²) >= 11 is 0. The Morgan fingerprint density at radius 1 is 1.50 bits per heavy atom. The van der Waals surface area contributed by atoms with E-state index in [0.29, 0.717) is 5.75 Å². The van der Waals surface area contributed by atoms with Crippen molar-refractivity contribution in [1.82, 2.24) is 5.32 Å². The van der Waals surface area contributed by atoms with E-state index in [0.717, 1.165) is 12.8 Å². The van der Waals surface area contributed by atoms with E-state index in [-0.39, 0.29) is 23.4 Å². The van der Waals surface area contributed by atoms with Gasteiger partial charge in [0.25, 0.3) is 5.91 Å². The summed E-state index contributed by atoms with van der Waals surface area (Å²) in [5.41, 5.74) is -0.226. The molecule has 20 heavy (non-hydrogen) atoms. The van der Waals surface area contributed by atoms with Gasteiger partial charge in [-0.15, -0.1) is 0 Å². The first-order valence-corrected chi connectivity index (χ1v) is 6.30. The number of carbonyl (C=O) groups excluding carboxylic acids is 1. The maximum atomic E-state index is 11.8. The molecule has 0 unspecified atom stereocenters. The molecule has 0 saturated heterocycles. The number of rotatable bonds is 6. The lowest BCUT2D eigenvalue weighted by molar-refractivity contribution is -0.386. The molecule has 1 N–H and O–H groups in total. The van der Waals surface area contributed by atoms with Gasteiger partial charge in [-0.05, 0) is 31.9 Å². The average molecular weight is 280 g/mol. The van der Waals surface area contributed by atoms with Crippen LogP contribution in [0, 0.1) is 10.1 Å². The Balaban J connectivity index is 2.10. The van der Waals surface area contributed by atoms with Crippen molar-refractivity contribution in [2.24, 2.45) is 0 Å². The molecular formula is C13H16N2O5. The van der Waals surface area contributed by atoms with Crippen LogP contribution in [0.1, 0.15) is 19.8 Å². The number of ether oxygens (including phenoxy) is 2. The highest BCUT2D eigenvalue weighted by atomic mass is 16.6. The molecule has 1 aromatic carbocycles. The standard InChI is InChI=1S/C13H16N2O5/c1-8(13(16)14-9-3-4-9)20-12-6-5-10(19-2)7-11(12)15(17)18/h5-9H,3-4H2,1-2H3,(H,14,16)/t8-/m0/s1. The van der Waals surface area contributed by atoms with Crippen LogP contribution in [0.25, 0.3) is 0 Å². The molecular weight excluding hydrogens is 264 g/mol. The molecule has 0 aromatic heterocycles. The smallest absolute Gasteiger partial charge is 0.314 e. The molecule has 1 fully saturated rings. The molecule has 0 heterocycles. The Labute approximate surface area is 116 Å². The molecule has 1 aliphatic rings. The number of methoxy groups -OCH3 is 1. The van der Waals surface area contributed by atoms with Gasteiger partial charge in [-0.25, -0.2) is 0 Å². The second-order valence-corrected chi connectivity index (χ2v) is 4.63. The van der Waals surface area contributed by atoms with E-state index in [2.05, 4.69) is 5.32 Å². The van der Waals surface area contributed by atoms with Gasteiger partial charge in [0.15, 0.2) is 11.9 Å². The molecule has 7 heteroatoms. The lowest BCUT2D eigenvalue weighted by Crippen LogP contribution is -2.37. The van der Waals surface area contributed by atoms with Crippen LogP contribution in [0.3, 0.4) is 0 Å².